The Bertz CT molecular complexity index is 579. The summed E-state index contributed by atoms with van der Waals surface area (Å²) in [5, 5.41) is 3.56. The third-order valence-electron chi connectivity index (χ3n) is 4.05. The van der Waals surface area contributed by atoms with Crippen LogP contribution in [-0.4, -0.2) is 30.5 Å². The molecule has 1 aliphatic carbocycles. The van der Waals surface area contributed by atoms with Gasteiger partial charge in [0.1, 0.15) is 6.33 Å². The van der Waals surface area contributed by atoms with E-state index in [9.17, 15) is 0 Å². The highest BCUT2D eigenvalue weighted by Gasteiger charge is 2.21. The maximum absolute atomic E-state index is 6.00. The lowest BCUT2D eigenvalue weighted by Gasteiger charge is -2.28. The Balaban J connectivity index is 1.75. The monoisotopic (exact) mass is 306 g/mol. The van der Waals surface area contributed by atoms with Gasteiger partial charge in [0.25, 0.3) is 0 Å². The van der Waals surface area contributed by atoms with Gasteiger partial charge in [-0.1, -0.05) is 19.3 Å². The van der Waals surface area contributed by atoms with E-state index in [0.717, 1.165) is 0 Å². The summed E-state index contributed by atoms with van der Waals surface area (Å²) in [5.41, 5.74) is 0. The zero-order chi connectivity index (χ0) is 14.7. The lowest BCUT2D eigenvalue weighted by Crippen LogP contribution is -2.28. The van der Waals surface area contributed by atoms with Crippen molar-refractivity contribution in [2.75, 3.05) is 5.32 Å². The van der Waals surface area contributed by atoms with Crippen molar-refractivity contribution in [2.45, 2.75) is 45.1 Å². The Hall–Kier alpha value is -1.69. The first-order chi connectivity index (χ1) is 10.2. The molecule has 2 aromatic heterocycles. The van der Waals surface area contributed by atoms with Crippen LogP contribution in [0.4, 0.5) is 5.95 Å². The van der Waals surface area contributed by atoms with E-state index in [2.05, 4.69) is 32.2 Å². The molecule has 2 heterocycles. The fraction of sp³-hybridized carbons (Fsp3) is 0.571. The van der Waals surface area contributed by atoms with Gasteiger partial charge in [0, 0.05) is 18.4 Å². The van der Waals surface area contributed by atoms with E-state index in [0.29, 0.717) is 23.9 Å². The molecule has 0 spiro atoms. The summed E-state index contributed by atoms with van der Waals surface area (Å²) in [7, 11) is 0. The van der Waals surface area contributed by atoms with E-state index in [4.69, 9.17) is 11.6 Å². The van der Waals surface area contributed by atoms with Crippen molar-refractivity contribution in [3.05, 3.63) is 24.0 Å². The van der Waals surface area contributed by atoms with E-state index < -0.39 is 0 Å². The van der Waals surface area contributed by atoms with Crippen LogP contribution in [-0.2, 0) is 0 Å². The van der Waals surface area contributed by atoms with Crippen molar-refractivity contribution in [1.82, 2.24) is 24.5 Å². The van der Waals surface area contributed by atoms with Crippen LogP contribution in [0.25, 0.3) is 5.95 Å². The minimum absolute atomic E-state index is 0.187. The quantitative estimate of drug-likeness (QED) is 0.940. The van der Waals surface area contributed by atoms with Gasteiger partial charge in [0.15, 0.2) is 0 Å². The van der Waals surface area contributed by atoms with E-state index in [1.54, 1.807) is 23.3 Å². The predicted octanol–water partition coefficient (Wildman–Crippen LogP) is 3.09. The Kier molecular flexibility index (Phi) is 4.34. The van der Waals surface area contributed by atoms with Crippen LogP contribution in [0.15, 0.2) is 18.7 Å². The van der Waals surface area contributed by atoms with Gasteiger partial charge in [-0.3, -0.25) is 4.57 Å². The highest BCUT2D eigenvalue weighted by molar-refractivity contribution is 6.28. The minimum Gasteiger partial charge on any atom is -0.351 e. The number of nitrogens with one attached hydrogen (secondary N) is 1. The van der Waals surface area contributed by atoms with Crippen LogP contribution >= 0.6 is 11.6 Å². The summed E-state index contributed by atoms with van der Waals surface area (Å²) in [6.07, 6.45) is 11.6. The molecule has 0 aromatic carbocycles. The van der Waals surface area contributed by atoms with Gasteiger partial charge >= 0.3 is 0 Å². The first-order valence-electron chi connectivity index (χ1n) is 7.39. The van der Waals surface area contributed by atoms with E-state index in [-0.39, 0.29) is 5.28 Å². The van der Waals surface area contributed by atoms with Crippen LogP contribution in [0, 0.1) is 5.92 Å². The summed E-state index contributed by atoms with van der Waals surface area (Å²) in [6, 6.07) is 0.333. The standard InChI is InChI=1S/C14H19ClN6/c1-10(11-5-3-2-4-6-11)17-13-18-12(15)19-14(20-13)21-8-7-16-9-21/h7-11H,2-6H2,1H3,(H,17,18,19,20). The third kappa shape index (κ3) is 3.50. The molecule has 1 saturated carbocycles. The number of nitrogens with zero attached hydrogens (tertiary/aromatic N) is 5. The Morgan fingerprint density at radius 3 is 2.76 bits per heavy atom. The fourth-order valence-electron chi connectivity index (χ4n) is 2.85. The van der Waals surface area contributed by atoms with Crippen LogP contribution in [0.5, 0.6) is 0 Å². The lowest BCUT2D eigenvalue weighted by molar-refractivity contribution is 0.327. The molecule has 1 aliphatic rings. The van der Waals surface area contributed by atoms with Crippen LogP contribution in [0.3, 0.4) is 0 Å². The zero-order valence-corrected chi connectivity index (χ0v) is 12.8. The largest absolute Gasteiger partial charge is 0.351 e. The smallest absolute Gasteiger partial charge is 0.241 e. The van der Waals surface area contributed by atoms with Crippen molar-refractivity contribution >= 4 is 17.5 Å². The van der Waals surface area contributed by atoms with Gasteiger partial charge < -0.3 is 5.32 Å². The second-order valence-corrected chi connectivity index (χ2v) is 5.87. The number of hydrogen-bond donors (Lipinski definition) is 1. The first kappa shape index (κ1) is 14.3. The van der Waals surface area contributed by atoms with Gasteiger partial charge in [-0.15, -0.1) is 0 Å². The molecule has 0 radical (unpaired) electrons. The average molecular weight is 307 g/mol. The molecular weight excluding hydrogens is 288 g/mol. The molecule has 1 N–H and O–H groups in total. The molecule has 0 bridgehead atoms. The second kappa shape index (κ2) is 6.39. The maximum atomic E-state index is 6.00. The predicted molar refractivity (Wildman–Crippen MR) is 81.6 cm³/mol. The van der Waals surface area contributed by atoms with Gasteiger partial charge in [0.2, 0.25) is 17.2 Å². The minimum atomic E-state index is 0.187. The van der Waals surface area contributed by atoms with Crippen molar-refractivity contribution in [3.8, 4) is 5.95 Å². The van der Waals surface area contributed by atoms with Crippen LogP contribution in [0.2, 0.25) is 5.28 Å². The molecule has 1 unspecified atom stereocenters. The van der Waals surface area contributed by atoms with Crippen LogP contribution in [0.1, 0.15) is 39.0 Å². The summed E-state index contributed by atoms with van der Waals surface area (Å²) >= 11 is 6.00. The van der Waals surface area contributed by atoms with Gasteiger partial charge in [0.05, 0.1) is 0 Å². The molecular formula is C14H19ClN6. The average Bonchev–Trinajstić information content (AvgIpc) is 3.02. The van der Waals surface area contributed by atoms with Crippen molar-refractivity contribution in [2.24, 2.45) is 5.92 Å². The van der Waals surface area contributed by atoms with Crippen molar-refractivity contribution < 1.29 is 0 Å². The Morgan fingerprint density at radius 2 is 2.05 bits per heavy atom. The normalized spacial score (nSPS) is 17.6. The summed E-state index contributed by atoms with van der Waals surface area (Å²) < 4.78 is 1.71. The molecule has 3 rings (SSSR count). The highest BCUT2D eigenvalue weighted by Crippen LogP contribution is 2.27. The van der Waals surface area contributed by atoms with E-state index in [1.807, 2.05) is 0 Å². The SMILES string of the molecule is CC(Nc1nc(Cl)nc(-n2ccnc2)n1)C1CCCCC1. The van der Waals surface area contributed by atoms with Crippen molar-refractivity contribution in [1.29, 1.82) is 0 Å². The number of anilines is 1. The third-order valence-corrected chi connectivity index (χ3v) is 4.21. The highest BCUT2D eigenvalue weighted by atomic mass is 35.5. The molecule has 0 saturated heterocycles. The van der Waals surface area contributed by atoms with E-state index >= 15 is 0 Å². The molecule has 0 amide bonds. The second-order valence-electron chi connectivity index (χ2n) is 5.53. The number of imidazole rings is 1. The zero-order valence-electron chi connectivity index (χ0n) is 12.0. The molecule has 21 heavy (non-hydrogen) atoms. The van der Waals surface area contributed by atoms with Crippen molar-refractivity contribution in [3.63, 3.8) is 0 Å². The first-order valence-corrected chi connectivity index (χ1v) is 7.76. The summed E-state index contributed by atoms with van der Waals surface area (Å²) in [4.78, 5) is 16.7. The summed E-state index contributed by atoms with van der Waals surface area (Å²) in [5.74, 6) is 1.67. The number of hydrogen-bond acceptors (Lipinski definition) is 5. The molecule has 7 heteroatoms. The molecule has 1 fully saturated rings. The van der Waals surface area contributed by atoms with Gasteiger partial charge in [-0.25, -0.2) is 4.98 Å². The summed E-state index contributed by atoms with van der Waals surface area (Å²) in [6.45, 7) is 2.19. The molecule has 0 aliphatic heterocycles. The fourth-order valence-corrected chi connectivity index (χ4v) is 3.01. The molecule has 1 atom stereocenters. The van der Waals surface area contributed by atoms with Crippen LogP contribution < -0.4 is 5.32 Å². The number of aromatic nitrogens is 5. The molecule has 112 valence electrons. The topological polar surface area (TPSA) is 68.5 Å². The maximum Gasteiger partial charge on any atom is 0.241 e. The number of halogens is 1. The van der Waals surface area contributed by atoms with E-state index in [1.165, 1.54) is 32.1 Å². The van der Waals surface area contributed by atoms with Gasteiger partial charge in [-0.2, -0.15) is 15.0 Å². The Morgan fingerprint density at radius 1 is 1.24 bits per heavy atom. The number of rotatable bonds is 4. The molecule has 6 nitrogen and oxygen atoms in total. The Labute approximate surface area is 129 Å². The van der Waals surface area contributed by atoms with Gasteiger partial charge in [-0.05, 0) is 37.3 Å². The lowest BCUT2D eigenvalue weighted by atomic mass is 9.85. The molecule has 2 aromatic rings.